The average Bonchev–Trinajstić information content (AvgIpc) is 1.93. The molecule has 0 radical (unpaired) electrons. The zero-order chi connectivity index (χ0) is 6.95. The summed E-state index contributed by atoms with van der Waals surface area (Å²) in [6, 6.07) is 0. The summed E-state index contributed by atoms with van der Waals surface area (Å²) in [6.45, 7) is 9.08. The molecule has 0 spiro atoms. The van der Waals surface area contributed by atoms with Gasteiger partial charge < -0.3 is 10.1 Å². The van der Waals surface area contributed by atoms with Gasteiger partial charge in [0.15, 0.2) is 0 Å². The van der Waals surface area contributed by atoms with Crippen molar-refractivity contribution in [2.24, 2.45) is 0 Å². The summed E-state index contributed by atoms with van der Waals surface area (Å²) in [5.41, 5.74) is 0. The monoisotopic (exact) mass is 131 g/mol. The molecule has 56 valence electrons. The van der Waals surface area contributed by atoms with E-state index in [1.807, 2.05) is 6.92 Å². The molecule has 1 rings (SSSR count). The highest BCUT2D eigenvalue weighted by Crippen LogP contribution is 1.76. The van der Waals surface area contributed by atoms with Gasteiger partial charge in [-0.1, -0.05) is 6.08 Å². The van der Waals surface area contributed by atoms with Crippen LogP contribution in [0.2, 0.25) is 0 Å². The average molecular weight is 131 g/mol. The van der Waals surface area contributed by atoms with Crippen LogP contribution in [0.4, 0.5) is 0 Å². The summed E-state index contributed by atoms with van der Waals surface area (Å²) in [7, 11) is 0. The van der Waals surface area contributed by atoms with E-state index < -0.39 is 0 Å². The van der Waals surface area contributed by atoms with E-state index in [1.54, 1.807) is 6.08 Å². The van der Waals surface area contributed by atoms with Crippen molar-refractivity contribution in [3.05, 3.63) is 12.7 Å². The van der Waals surface area contributed by atoms with Crippen LogP contribution in [0.3, 0.4) is 0 Å². The van der Waals surface area contributed by atoms with Crippen LogP contribution in [-0.2, 0) is 4.74 Å². The van der Waals surface area contributed by atoms with Crippen LogP contribution in [-0.4, -0.2) is 26.3 Å². The molecule has 0 saturated carbocycles. The van der Waals surface area contributed by atoms with Crippen molar-refractivity contribution in [1.29, 1.82) is 0 Å². The van der Waals surface area contributed by atoms with Gasteiger partial charge >= 0.3 is 0 Å². The molecule has 1 N–H and O–H groups in total. The number of ether oxygens (including phenoxy) is 1. The molecule has 0 unspecified atom stereocenters. The van der Waals surface area contributed by atoms with Gasteiger partial charge in [0.2, 0.25) is 0 Å². The van der Waals surface area contributed by atoms with Gasteiger partial charge in [0.25, 0.3) is 0 Å². The predicted octanol–water partition coefficient (Wildman–Crippen LogP) is 1.04. The van der Waals surface area contributed by atoms with E-state index in [9.17, 15) is 0 Å². The molecule has 2 heteroatoms. The molecule has 1 heterocycles. The Morgan fingerprint density at radius 3 is 2.11 bits per heavy atom. The van der Waals surface area contributed by atoms with Gasteiger partial charge in [0, 0.05) is 14.5 Å². The van der Waals surface area contributed by atoms with Crippen molar-refractivity contribution in [3.63, 3.8) is 0 Å². The second-order valence-electron chi connectivity index (χ2n) is 1.77. The van der Waals surface area contributed by atoms with E-state index in [0.29, 0.717) is 0 Å². The fourth-order valence-electron chi connectivity index (χ4n) is 0.516. The van der Waals surface area contributed by atoms with Crippen molar-refractivity contribution < 1.29 is 6.16 Å². The molecule has 0 aliphatic carbocycles. The Hall–Kier alpha value is -0.340. The maximum Gasteiger partial charge on any atom is 0.0591 e. The van der Waals surface area contributed by atoms with Gasteiger partial charge in [-0.25, -0.2) is 0 Å². The molecule has 0 bridgehead atoms. The molecule has 1 fully saturated rings. The van der Waals surface area contributed by atoms with Gasteiger partial charge in [0.1, 0.15) is 0 Å². The first-order chi connectivity index (χ1) is 4.41. The van der Waals surface area contributed by atoms with Crippen molar-refractivity contribution in [3.8, 4) is 0 Å². The zero-order valence-corrected chi connectivity index (χ0v) is 6.02. The van der Waals surface area contributed by atoms with Crippen LogP contribution in [0.15, 0.2) is 12.7 Å². The SMILES string of the molecule is C1COCCN1.C=CC.[HH]. The van der Waals surface area contributed by atoms with Crippen molar-refractivity contribution in [2.45, 2.75) is 6.92 Å². The van der Waals surface area contributed by atoms with E-state index in [0.717, 1.165) is 26.3 Å². The Bertz CT molecular complexity index is 53.1. The highest BCUT2D eigenvalue weighted by Gasteiger charge is 1.92. The minimum atomic E-state index is 0. The molecular weight excluding hydrogens is 114 g/mol. The minimum Gasteiger partial charge on any atom is -0.379 e. The Kier molecular flexibility index (Phi) is 7.37. The quantitative estimate of drug-likeness (QED) is 0.496. The Balaban J connectivity index is 0. The molecule has 2 nitrogen and oxygen atoms in total. The standard InChI is InChI=1S/C4H9NO.C3H6.H2/c1-3-6-4-2-5-1;1-3-2;/h5H,1-4H2;3H,1H2,2H3;1H. The molecule has 1 aliphatic heterocycles. The molecule has 1 saturated heterocycles. The Morgan fingerprint density at radius 1 is 1.56 bits per heavy atom. The molecule has 9 heavy (non-hydrogen) atoms. The molecule has 1 aliphatic rings. The first-order valence-corrected chi connectivity index (χ1v) is 3.27. The molecule has 0 atom stereocenters. The van der Waals surface area contributed by atoms with E-state index in [1.165, 1.54) is 0 Å². The summed E-state index contributed by atoms with van der Waals surface area (Å²) in [6.07, 6.45) is 1.75. The number of hydrogen-bond donors (Lipinski definition) is 1. The minimum absolute atomic E-state index is 0. The smallest absolute Gasteiger partial charge is 0.0591 e. The number of morpholine rings is 1. The van der Waals surface area contributed by atoms with Crippen LogP contribution >= 0.6 is 0 Å². The predicted molar refractivity (Wildman–Crippen MR) is 41.7 cm³/mol. The summed E-state index contributed by atoms with van der Waals surface area (Å²) in [4.78, 5) is 0. The fraction of sp³-hybridized carbons (Fsp3) is 0.714. The zero-order valence-electron chi connectivity index (χ0n) is 6.02. The maximum atomic E-state index is 5.01. The lowest BCUT2D eigenvalue weighted by Crippen LogP contribution is -2.30. The lowest BCUT2D eigenvalue weighted by atomic mass is 10.5. The van der Waals surface area contributed by atoms with E-state index >= 15 is 0 Å². The number of hydrogen-bond acceptors (Lipinski definition) is 2. The summed E-state index contributed by atoms with van der Waals surface area (Å²) in [5, 5.41) is 3.16. The normalized spacial score (nSPS) is 17.4. The number of rotatable bonds is 0. The number of nitrogens with one attached hydrogen (secondary N) is 1. The van der Waals surface area contributed by atoms with Gasteiger partial charge in [-0.05, 0) is 6.92 Å². The van der Waals surface area contributed by atoms with E-state index in [-0.39, 0.29) is 1.43 Å². The number of allylic oxidation sites excluding steroid dienone is 1. The second-order valence-corrected chi connectivity index (χ2v) is 1.77. The highest BCUT2D eigenvalue weighted by molar-refractivity contribution is 4.51. The fourth-order valence-corrected chi connectivity index (χ4v) is 0.516. The van der Waals surface area contributed by atoms with Gasteiger partial charge in [-0.3, -0.25) is 0 Å². The van der Waals surface area contributed by atoms with Crippen molar-refractivity contribution in [1.82, 2.24) is 5.32 Å². The summed E-state index contributed by atoms with van der Waals surface area (Å²) in [5.74, 6) is 0. The largest absolute Gasteiger partial charge is 0.379 e. The topological polar surface area (TPSA) is 21.3 Å². The third-order valence-electron chi connectivity index (χ3n) is 0.846. The van der Waals surface area contributed by atoms with Crippen molar-refractivity contribution >= 4 is 0 Å². The van der Waals surface area contributed by atoms with Gasteiger partial charge in [-0.2, -0.15) is 0 Å². The Morgan fingerprint density at radius 2 is 2.00 bits per heavy atom. The van der Waals surface area contributed by atoms with Crippen LogP contribution < -0.4 is 5.32 Å². The molecule has 0 amide bonds. The summed E-state index contributed by atoms with van der Waals surface area (Å²) >= 11 is 0. The van der Waals surface area contributed by atoms with Crippen LogP contribution in [0, 0.1) is 0 Å². The lowest BCUT2D eigenvalue weighted by molar-refractivity contribution is 0.109. The van der Waals surface area contributed by atoms with Crippen LogP contribution in [0.1, 0.15) is 8.35 Å². The Labute approximate surface area is 58.4 Å². The summed E-state index contributed by atoms with van der Waals surface area (Å²) < 4.78 is 5.01. The van der Waals surface area contributed by atoms with Gasteiger partial charge in [-0.15, -0.1) is 6.58 Å². The molecule has 0 aromatic rings. The lowest BCUT2D eigenvalue weighted by Gasteiger charge is -2.10. The van der Waals surface area contributed by atoms with Crippen molar-refractivity contribution in [2.75, 3.05) is 26.3 Å². The van der Waals surface area contributed by atoms with Crippen LogP contribution in [0.25, 0.3) is 0 Å². The van der Waals surface area contributed by atoms with E-state index in [2.05, 4.69) is 11.9 Å². The molecule has 0 aromatic heterocycles. The van der Waals surface area contributed by atoms with Crippen LogP contribution in [0.5, 0.6) is 0 Å². The molecular formula is C7H17NO. The first kappa shape index (κ1) is 8.66. The molecule has 0 aromatic carbocycles. The highest BCUT2D eigenvalue weighted by atomic mass is 16.5. The third kappa shape index (κ3) is 7.66. The third-order valence-corrected chi connectivity index (χ3v) is 0.846. The second kappa shape index (κ2) is 7.66. The van der Waals surface area contributed by atoms with E-state index in [4.69, 9.17) is 4.74 Å². The first-order valence-electron chi connectivity index (χ1n) is 3.27. The van der Waals surface area contributed by atoms with Gasteiger partial charge in [0.05, 0.1) is 13.2 Å². The maximum absolute atomic E-state index is 5.01.